The Morgan fingerprint density at radius 3 is 2.72 bits per heavy atom. The van der Waals surface area contributed by atoms with E-state index in [4.69, 9.17) is 25.5 Å². The molecule has 0 spiro atoms. The minimum Gasteiger partial charge on any atom is -0.469 e. The van der Waals surface area contributed by atoms with Crippen molar-refractivity contribution < 1.29 is 27.9 Å². The number of halogens is 2. The van der Waals surface area contributed by atoms with Crippen molar-refractivity contribution >= 4 is 46.3 Å². The van der Waals surface area contributed by atoms with E-state index in [1.54, 1.807) is 17.0 Å². The molecular weight excluding hydrogens is 525 g/mol. The van der Waals surface area contributed by atoms with Gasteiger partial charge in [-0.3, -0.25) is 9.59 Å². The predicted octanol–water partition coefficient (Wildman–Crippen LogP) is 5.76. The van der Waals surface area contributed by atoms with Gasteiger partial charge in [0.2, 0.25) is 5.91 Å². The SMILES string of the molecule is COC(=O)[C@H]1CC[C@H](OC[C@@H]2C[C@H](F)CN2C(=O)Cc2ccc(Nc3nc4c(C)cccc4o3)c(Cl)c2)CC1. The molecule has 3 aromatic rings. The number of benzene rings is 2. The van der Waals surface area contributed by atoms with Crippen molar-refractivity contribution in [2.75, 3.05) is 25.6 Å². The Morgan fingerprint density at radius 2 is 2.00 bits per heavy atom. The Hall–Kier alpha value is -3.17. The quantitative estimate of drug-likeness (QED) is 0.352. The van der Waals surface area contributed by atoms with Crippen LogP contribution in [0.2, 0.25) is 5.02 Å². The van der Waals surface area contributed by atoms with Crippen molar-refractivity contribution in [3.63, 3.8) is 0 Å². The molecule has 1 amide bonds. The van der Waals surface area contributed by atoms with Gasteiger partial charge in [-0.2, -0.15) is 4.98 Å². The first-order valence-corrected chi connectivity index (χ1v) is 13.7. The highest BCUT2D eigenvalue weighted by molar-refractivity contribution is 6.33. The van der Waals surface area contributed by atoms with Crippen LogP contribution in [-0.2, 0) is 25.5 Å². The average molecular weight is 558 g/mol. The maximum Gasteiger partial charge on any atom is 0.308 e. The first-order chi connectivity index (χ1) is 18.8. The summed E-state index contributed by atoms with van der Waals surface area (Å²) in [6, 6.07) is 11.1. The van der Waals surface area contributed by atoms with Gasteiger partial charge in [-0.15, -0.1) is 0 Å². The van der Waals surface area contributed by atoms with E-state index in [0.29, 0.717) is 35.1 Å². The molecule has 5 rings (SSSR count). The molecule has 1 saturated heterocycles. The van der Waals surface area contributed by atoms with Gasteiger partial charge in [-0.05, 0) is 61.9 Å². The molecule has 2 aromatic carbocycles. The predicted molar refractivity (Wildman–Crippen MR) is 146 cm³/mol. The molecule has 1 aliphatic heterocycles. The molecular formula is C29H33ClFN3O5. The van der Waals surface area contributed by atoms with Gasteiger partial charge in [-0.25, -0.2) is 4.39 Å². The summed E-state index contributed by atoms with van der Waals surface area (Å²) < 4.78 is 31.0. The van der Waals surface area contributed by atoms with E-state index < -0.39 is 6.17 Å². The summed E-state index contributed by atoms with van der Waals surface area (Å²) in [4.78, 5) is 31.0. The molecule has 1 N–H and O–H groups in total. The fourth-order valence-corrected chi connectivity index (χ4v) is 5.75. The van der Waals surface area contributed by atoms with Crippen molar-refractivity contribution in [3.05, 3.63) is 52.5 Å². The highest BCUT2D eigenvalue weighted by Gasteiger charge is 2.36. The Bertz CT molecular complexity index is 1340. The second-order valence-electron chi connectivity index (χ2n) is 10.4. The third kappa shape index (κ3) is 6.36. The van der Waals surface area contributed by atoms with E-state index >= 15 is 0 Å². The van der Waals surface area contributed by atoms with Gasteiger partial charge < -0.3 is 24.1 Å². The summed E-state index contributed by atoms with van der Waals surface area (Å²) in [6.07, 6.45) is 2.23. The Morgan fingerprint density at radius 1 is 1.21 bits per heavy atom. The Balaban J connectivity index is 1.16. The number of hydrogen-bond donors (Lipinski definition) is 1. The molecule has 39 heavy (non-hydrogen) atoms. The zero-order valence-electron chi connectivity index (χ0n) is 22.1. The number of esters is 1. The number of anilines is 2. The van der Waals surface area contributed by atoms with Gasteiger partial charge in [0.05, 0.1) is 55.5 Å². The number of likely N-dealkylation sites (tertiary alicyclic amines) is 1. The molecule has 0 unspecified atom stereocenters. The van der Waals surface area contributed by atoms with Gasteiger partial charge in [0, 0.05) is 6.42 Å². The molecule has 1 saturated carbocycles. The summed E-state index contributed by atoms with van der Waals surface area (Å²) in [5, 5.41) is 3.52. The molecule has 0 radical (unpaired) electrons. The van der Waals surface area contributed by atoms with E-state index in [-0.39, 0.29) is 55.9 Å². The third-order valence-electron chi connectivity index (χ3n) is 7.67. The first kappa shape index (κ1) is 27.4. The zero-order valence-corrected chi connectivity index (χ0v) is 22.9. The number of para-hydroxylation sites is 1. The summed E-state index contributed by atoms with van der Waals surface area (Å²) in [6.45, 7) is 2.31. The standard InChI is InChI=1S/C29H33ClFN3O5/c1-17-4-3-5-25-27(17)33-29(39-25)32-24-11-6-18(12-23(24)30)13-26(35)34-15-20(31)14-21(34)16-38-22-9-7-19(8-10-22)28(36)37-2/h3-6,11-12,19-22H,7-10,13-16H2,1-2H3,(H,32,33)/t19-,20-,21-,22-/m0/s1. The van der Waals surface area contributed by atoms with Crippen LogP contribution in [0.25, 0.3) is 11.1 Å². The van der Waals surface area contributed by atoms with Crippen LogP contribution in [0.4, 0.5) is 16.1 Å². The number of alkyl halides is 1. The van der Waals surface area contributed by atoms with Crippen molar-refractivity contribution in [2.24, 2.45) is 5.92 Å². The van der Waals surface area contributed by atoms with Crippen LogP contribution in [0.5, 0.6) is 0 Å². The number of nitrogens with zero attached hydrogens (tertiary/aromatic N) is 2. The molecule has 8 nitrogen and oxygen atoms in total. The fraction of sp³-hybridized carbons (Fsp3) is 0.483. The topological polar surface area (TPSA) is 93.9 Å². The lowest BCUT2D eigenvalue weighted by Crippen LogP contribution is -2.40. The first-order valence-electron chi connectivity index (χ1n) is 13.3. The highest BCUT2D eigenvalue weighted by Crippen LogP contribution is 2.31. The maximum absolute atomic E-state index is 14.3. The van der Waals surface area contributed by atoms with Gasteiger partial charge in [-0.1, -0.05) is 29.8 Å². The summed E-state index contributed by atoms with van der Waals surface area (Å²) in [7, 11) is 1.41. The number of amides is 1. The normalized spacial score (nSPS) is 23.2. The lowest BCUT2D eigenvalue weighted by atomic mass is 9.87. The van der Waals surface area contributed by atoms with Crippen molar-refractivity contribution in [1.29, 1.82) is 0 Å². The second-order valence-corrected chi connectivity index (χ2v) is 10.8. The van der Waals surface area contributed by atoms with Crippen LogP contribution >= 0.6 is 11.6 Å². The van der Waals surface area contributed by atoms with Crippen LogP contribution in [0.15, 0.2) is 40.8 Å². The van der Waals surface area contributed by atoms with Gasteiger partial charge in [0.25, 0.3) is 6.01 Å². The number of ether oxygens (including phenoxy) is 2. The monoisotopic (exact) mass is 557 g/mol. The minimum absolute atomic E-state index is 0.00512. The number of oxazole rings is 1. The van der Waals surface area contributed by atoms with Gasteiger partial charge in [0.1, 0.15) is 11.7 Å². The summed E-state index contributed by atoms with van der Waals surface area (Å²) in [5.41, 5.74) is 3.81. The third-order valence-corrected chi connectivity index (χ3v) is 7.98. The number of methoxy groups -OCH3 is 1. The van der Waals surface area contributed by atoms with Gasteiger partial charge >= 0.3 is 5.97 Å². The van der Waals surface area contributed by atoms with E-state index in [2.05, 4.69) is 10.3 Å². The van der Waals surface area contributed by atoms with Crippen LogP contribution in [0, 0.1) is 12.8 Å². The maximum atomic E-state index is 14.3. The summed E-state index contributed by atoms with van der Waals surface area (Å²) in [5.74, 6) is -0.418. The minimum atomic E-state index is -1.08. The largest absolute Gasteiger partial charge is 0.469 e. The molecule has 2 fully saturated rings. The molecule has 2 aliphatic rings. The lowest BCUT2D eigenvalue weighted by Gasteiger charge is -2.30. The molecule has 208 valence electrons. The number of rotatable bonds is 8. The molecule has 1 aliphatic carbocycles. The molecule has 2 atom stereocenters. The van der Waals surface area contributed by atoms with E-state index in [0.717, 1.165) is 29.5 Å². The summed E-state index contributed by atoms with van der Waals surface area (Å²) >= 11 is 6.51. The average Bonchev–Trinajstić information content (AvgIpc) is 3.52. The molecule has 1 aromatic heterocycles. The lowest BCUT2D eigenvalue weighted by molar-refractivity contribution is -0.148. The van der Waals surface area contributed by atoms with Crippen LogP contribution in [0.1, 0.15) is 43.2 Å². The highest BCUT2D eigenvalue weighted by atomic mass is 35.5. The number of carbonyl (C=O) groups is 2. The van der Waals surface area contributed by atoms with Crippen molar-refractivity contribution in [2.45, 2.75) is 63.8 Å². The van der Waals surface area contributed by atoms with Crippen molar-refractivity contribution in [3.8, 4) is 0 Å². The van der Waals surface area contributed by atoms with Crippen LogP contribution in [0.3, 0.4) is 0 Å². The molecule has 10 heteroatoms. The molecule has 2 heterocycles. The number of carbonyl (C=O) groups excluding carboxylic acids is 2. The van der Waals surface area contributed by atoms with Crippen molar-refractivity contribution in [1.82, 2.24) is 9.88 Å². The second kappa shape index (κ2) is 11.9. The fourth-order valence-electron chi connectivity index (χ4n) is 5.50. The van der Waals surface area contributed by atoms with Gasteiger partial charge in [0.15, 0.2) is 5.58 Å². The molecule has 0 bridgehead atoms. The van der Waals surface area contributed by atoms with E-state index in [1.807, 2.05) is 31.2 Å². The number of aromatic nitrogens is 1. The number of fused-ring (bicyclic) bond motifs is 1. The Kier molecular flexibility index (Phi) is 8.37. The van der Waals surface area contributed by atoms with E-state index in [1.165, 1.54) is 7.11 Å². The number of nitrogens with one attached hydrogen (secondary N) is 1. The zero-order chi connectivity index (χ0) is 27.5. The van der Waals surface area contributed by atoms with E-state index in [9.17, 15) is 14.0 Å². The van der Waals surface area contributed by atoms with Crippen LogP contribution in [-0.4, -0.2) is 60.3 Å². The number of hydrogen-bond acceptors (Lipinski definition) is 7. The smallest absolute Gasteiger partial charge is 0.308 e. The van der Waals surface area contributed by atoms with Crippen LogP contribution < -0.4 is 5.32 Å². The Labute approximate surface area is 231 Å². The number of aryl methyl sites for hydroxylation is 1.